The molecule has 0 aliphatic heterocycles. The van der Waals surface area contributed by atoms with Crippen LogP contribution < -0.4 is 4.74 Å². The van der Waals surface area contributed by atoms with Gasteiger partial charge in [-0.25, -0.2) is 9.37 Å². The number of carbonyl (C=O) groups is 1. The van der Waals surface area contributed by atoms with E-state index in [0.717, 1.165) is 53.3 Å². The third-order valence-electron chi connectivity index (χ3n) is 8.48. The fraction of sp³-hybridized carbons (Fsp3) is 0.722. The zero-order chi connectivity index (χ0) is 31.1. The first-order valence-corrected chi connectivity index (χ1v) is 16.4. The van der Waals surface area contributed by atoms with Gasteiger partial charge in [-0.05, 0) is 62.0 Å². The van der Waals surface area contributed by atoms with Crippen LogP contribution in [0.2, 0.25) is 0 Å². The molecular weight excluding hydrogens is 511 g/mol. The standard InChI is InChI=1S/C19H25FN2O2.C17H36/c1-6-15-17(13(5)10-23)22-19(21-15)14-9-12(4)7-8-16(14)24-18(20)11(2)3;1-7-10-11-16(9-3)13-17(14(4)5)12-15(6)8-2/h7-11,13,18H,6H2,1-5H3,(H,21,22);14-17H,7-13H2,1-6H3. The highest BCUT2D eigenvalue weighted by molar-refractivity contribution is 5.68. The van der Waals surface area contributed by atoms with Crippen LogP contribution in [0.4, 0.5) is 4.39 Å². The van der Waals surface area contributed by atoms with Crippen LogP contribution in [0.15, 0.2) is 18.2 Å². The van der Waals surface area contributed by atoms with E-state index in [1.807, 2.05) is 32.9 Å². The molecule has 0 amide bonds. The van der Waals surface area contributed by atoms with Crippen LogP contribution in [0.3, 0.4) is 0 Å². The van der Waals surface area contributed by atoms with Crippen molar-refractivity contribution in [1.29, 1.82) is 0 Å². The van der Waals surface area contributed by atoms with Crippen LogP contribution in [-0.4, -0.2) is 22.6 Å². The molecule has 41 heavy (non-hydrogen) atoms. The summed E-state index contributed by atoms with van der Waals surface area (Å²) in [5, 5.41) is 0. The van der Waals surface area contributed by atoms with Gasteiger partial charge in [-0.1, -0.05) is 113 Å². The molecule has 2 rings (SSSR count). The lowest BCUT2D eigenvalue weighted by Gasteiger charge is -2.28. The number of benzene rings is 1. The molecule has 5 atom stereocenters. The number of nitrogens with one attached hydrogen (secondary N) is 1. The number of H-pyrrole nitrogens is 1. The minimum absolute atomic E-state index is 0.243. The summed E-state index contributed by atoms with van der Waals surface area (Å²) in [7, 11) is 0. The third kappa shape index (κ3) is 12.3. The summed E-state index contributed by atoms with van der Waals surface area (Å²) in [6.45, 7) is 23.6. The number of hydrogen-bond acceptors (Lipinski definition) is 3. The second-order valence-corrected chi connectivity index (χ2v) is 12.8. The van der Waals surface area contributed by atoms with E-state index in [0.29, 0.717) is 17.1 Å². The molecule has 0 radical (unpaired) electrons. The first-order valence-electron chi connectivity index (χ1n) is 16.4. The molecule has 1 aromatic heterocycles. The Labute approximate surface area is 251 Å². The van der Waals surface area contributed by atoms with Crippen LogP contribution >= 0.6 is 0 Å². The van der Waals surface area contributed by atoms with Gasteiger partial charge >= 0.3 is 0 Å². The monoisotopic (exact) mass is 572 g/mol. The van der Waals surface area contributed by atoms with Crippen molar-refractivity contribution in [3.63, 3.8) is 0 Å². The Hall–Kier alpha value is -2.17. The molecule has 5 heteroatoms. The van der Waals surface area contributed by atoms with Crippen LogP contribution in [0.25, 0.3) is 11.4 Å². The Morgan fingerprint density at radius 2 is 1.66 bits per heavy atom. The molecular formula is C36H61FN2O2. The maximum Gasteiger partial charge on any atom is 0.240 e. The van der Waals surface area contributed by atoms with Crippen molar-refractivity contribution in [2.75, 3.05) is 0 Å². The smallest absolute Gasteiger partial charge is 0.240 e. The minimum Gasteiger partial charge on any atom is -0.459 e. The maximum absolute atomic E-state index is 14.0. The summed E-state index contributed by atoms with van der Waals surface area (Å²) < 4.78 is 19.5. The SMILES string of the molecule is CCCCC(CC)CC(CC(C)CC)C(C)C.CCc1[nH]c(-c2cc(C)ccc2OC(F)C(C)C)nc1C(C)C=O. The predicted molar refractivity (Wildman–Crippen MR) is 173 cm³/mol. The molecule has 0 bridgehead atoms. The Bertz CT molecular complexity index is 999. The van der Waals surface area contributed by atoms with Gasteiger partial charge in [0.2, 0.25) is 6.36 Å². The number of aromatic amines is 1. The normalized spacial score (nSPS) is 15.2. The highest BCUT2D eigenvalue weighted by Gasteiger charge is 2.22. The lowest BCUT2D eigenvalue weighted by atomic mass is 9.78. The molecule has 1 heterocycles. The number of ether oxygens (including phenoxy) is 1. The van der Waals surface area contributed by atoms with Gasteiger partial charge in [0.15, 0.2) is 0 Å². The molecule has 1 aromatic carbocycles. The zero-order valence-corrected chi connectivity index (χ0v) is 28.1. The molecule has 2 aromatic rings. The number of hydrogen-bond donors (Lipinski definition) is 1. The Kier molecular flexibility index (Phi) is 17.2. The zero-order valence-electron chi connectivity index (χ0n) is 28.1. The third-order valence-corrected chi connectivity index (χ3v) is 8.48. The molecule has 0 saturated carbocycles. The van der Waals surface area contributed by atoms with E-state index in [-0.39, 0.29) is 11.8 Å². The highest BCUT2D eigenvalue weighted by atomic mass is 19.1. The maximum atomic E-state index is 14.0. The van der Waals surface area contributed by atoms with Crippen molar-refractivity contribution < 1.29 is 13.9 Å². The van der Waals surface area contributed by atoms with Crippen molar-refractivity contribution in [3.8, 4) is 17.1 Å². The van der Waals surface area contributed by atoms with E-state index in [4.69, 9.17) is 4.74 Å². The van der Waals surface area contributed by atoms with Gasteiger partial charge in [-0.2, -0.15) is 0 Å². The van der Waals surface area contributed by atoms with Crippen molar-refractivity contribution in [2.45, 2.75) is 140 Å². The van der Waals surface area contributed by atoms with Crippen molar-refractivity contribution in [1.82, 2.24) is 9.97 Å². The van der Waals surface area contributed by atoms with Gasteiger partial charge in [0, 0.05) is 11.6 Å². The molecule has 4 nitrogen and oxygen atoms in total. The van der Waals surface area contributed by atoms with Crippen LogP contribution in [0.5, 0.6) is 5.75 Å². The summed E-state index contributed by atoms with van der Waals surface area (Å²) in [4.78, 5) is 19.0. The van der Waals surface area contributed by atoms with Gasteiger partial charge in [0.25, 0.3) is 0 Å². The summed E-state index contributed by atoms with van der Waals surface area (Å²) in [5.41, 5.74) is 3.38. The van der Waals surface area contributed by atoms with E-state index in [9.17, 15) is 9.18 Å². The lowest BCUT2D eigenvalue weighted by Crippen LogP contribution is -2.17. The second kappa shape index (κ2) is 19.1. The molecule has 0 aliphatic rings. The minimum atomic E-state index is -1.39. The van der Waals surface area contributed by atoms with Crippen molar-refractivity contribution in [3.05, 3.63) is 35.2 Å². The number of halogens is 1. The van der Waals surface area contributed by atoms with Gasteiger partial charge < -0.3 is 14.5 Å². The summed E-state index contributed by atoms with van der Waals surface area (Å²) in [6.07, 6.45) is 10.1. The fourth-order valence-corrected chi connectivity index (χ4v) is 5.18. The number of carbonyl (C=O) groups excluding carboxylic acids is 1. The van der Waals surface area contributed by atoms with Gasteiger partial charge in [-0.15, -0.1) is 0 Å². The number of nitrogens with zero attached hydrogens (tertiary/aromatic N) is 1. The summed E-state index contributed by atoms with van der Waals surface area (Å²) in [6, 6.07) is 5.55. The van der Waals surface area contributed by atoms with Crippen molar-refractivity contribution in [2.24, 2.45) is 29.6 Å². The van der Waals surface area contributed by atoms with E-state index in [1.165, 1.54) is 44.9 Å². The van der Waals surface area contributed by atoms with Crippen molar-refractivity contribution >= 4 is 6.29 Å². The molecule has 1 N–H and O–H groups in total. The number of rotatable bonds is 17. The first-order chi connectivity index (χ1) is 19.4. The Balaban J connectivity index is 0.000000438. The number of alkyl halides is 1. The predicted octanol–water partition coefficient (Wildman–Crippen LogP) is 10.9. The molecule has 0 aliphatic carbocycles. The van der Waals surface area contributed by atoms with E-state index >= 15 is 0 Å². The van der Waals surface area contributed by atoms with Crippen LogP contribution in [-0.2, 0) is 11.2 Å². The molecule has 234 valence electrons. The van der Waals surface area contributed by atoms with E-state index in [2.05, 4.69) is 51.5 Å². The second-order valence-electron chi connectivity index (χ2n) is 12.8. The number of aryl methyl sites for hydroxylation is 2. The van der Waals surface area contributed by atoms with E-state index in [1.54, 1.807) is 19.9 Å². The quantitative estimate of drug-likeness (QED) is 0.192. The molecule has 0 saturated heterocycles. The van der Waals surface area contributed by atoms with Gasteiger partial charge in [-0.3, -0.25) is 0 Å². The topological polar surface area (TPSA) is 55.0 Å². The van der Waals surface area contributed by atoms with E-state index < -0.39 is 6.36 Å². The number of unbranched alkanes of at least 4 members (excludes halogenated alkanes) is 1. The fourth-order valence-electron chi connectivity index (χ4n) is 5.18. The molecule has 0 fully saturated rings. The first kappa shape index (κ1) is 36.9. The molecule has 0 spiro atoms. The number of aldehydes is 1. The average molecular weight is 573 g/mol. The highest BCUT2D eigenvalue weighted by Crippen LogP contribution is 2.33. The van der Waals surface area contributed by atoms with Crippen LogP contribution in [0, 0.1) is 36.5 Å². The molecule has 5 unspecified atom stereocenters. The van der Waals surface area contributed by atoms with Gasteiger partial charge in [0.05, 0.1) is 17.2 Å². The Morgan fingerprint density at radius 1 is 0.976 bits per heavy atom. The average Bonchev–Trinajstić information content (AvgIpc) is 3.39. The van der Waals surface area contributed by atoms with Gasteiger partial charge in [0.1, 0.15) is 17.9 Å². The van der Waals surface area contributed by atoms with Crippen LogP contribution in [0.1, 0.15) is 137 Å². The summed E-state index contributed by atoms with van der Waals surface area (Å²) in [5.74, 6) is 4.22. The largest absolute Gasteiger partial charge is 0.459 e. The summed E-state index contributed by atoms with van der Waals surface area (Å²) >= 11 is 0. The lowest BCUT2D eigenvalue weighted by molar-refractivity contribution is -0.108. The number of aromatic nitrogens is 2. The number of imidazole rings is 1. The Morgan fingerprint density at radius 3 is 2.17 bits per heavy atom.